The summed E-state index contributed by atoms with van der Waals surface area (Å²) in [6.07, 6.45) is 0. The van der Waals surface area contributed by atoms with Crippen LogP contribution in [0.25, 0.3) is 0 Å². The van der Waals surface area contributed by atoms with Crippen LogP contribution < -0.4 is 10.6 Å². The Morgan fingerprint density at radius 1 is 0.760 bits per heavy atom. The molecule has 1 atom stereocenters. The zero-order chi connectivity index (χ0) is 17.8. The first kappa shape index (κ1) is 18.0. The van der Waals surface area contributed by atoms with Gasteiger partial charge in [-0.25, -0.2) is 0 Å². The fourth-order valence-corrected chi connectivity index (χ4v) is 7.95. The first-order valence-corrected chi connectivity index (χ1v) is 11.5. The zero-order valence-corrected chi connectivity index (χ0v) is 16.7. The van der Waals surface area contributed by atoms with Crippen LogP contribution in [0.3, 0.4) is 0 Å². The number of benzene rings is 3. The normalized spacial score (nSPS) is 11.4. The first-order valence-electron chi connectivity index (χ1n) is 8.35. The summed E-state index contributed by atoms with van der Waals surface area (Å²) in [6.45, 7) is 6.17. The van der Waals surface area contributed by atoms with E-state index in [0.29, 0.717) is 0 Å². The molecule has 0 aliphatic heterocycles. The van der Waals surface area contributed by atoms with Crippen molar-refractivity contribution in [3.05, 3.63) is 95.1 Å². The van der Waals surface area contributed by atoms with Crippen molar-refractivity contribution in [3.63, 3.8) is 0 Å². The third kappa shape index (κ3) is 4.24. The molecule has 0 bridgehead atoms. The van der Waals surface area contributed by atoms with Crippen molar-refractivity contribution in [2.45, 2.75) is 20.8 Å². The summed E-state index contributed by atoms with van der Waals surface area (Å²) in [5.41, 5.74) is 4.57. The van der Waals surface area contributed by atoms with E-state index in [1.807, 2.05) is 26.0 Å². The van der Waals surface area contributed by atoms with Gasteiger partial charge in [-0.2, -0.15) is 0 Å². The van der Waals surface area contributed by atoms with E-state index < -0.39 is 7.61 Å². The number of carbonyl (C=O) groups is 1. The molecule has 3 aromatic carbocycles. The molecule has 1 unspecified atom stereocenters. The van der Waals surface area contributed by atoms with Crippen LogP contribution >= 0.6 is 15.9 Å². The number of hydrogen-bond donors (Lipinski definition) is 0. The molecule has 0 aromatic heterocycles. The van der Waals surface area contributed by atoms with E-state index in [2.05, 4.69) is 67.6 Å². The van der Waals surface area contributed by atoms with Gasteiger partial charge in [-0.3, -0.25) is 4.79 Å². The largest absolute Gasteiger partial charge is 0.289 e. The highest BCUT2D eigenvalue weighted by molar-refractivity contribution is 8.34. The van der Waals surface area contributed by atoms with E-state index in [1.165, 1.54) is 16.2 Å². The van der Waals surface area contributed by atoms with Gasteiger partial charge in [0.1, 0.15) is 0 Å². The van der Waals surface area contributed by atoms with Crippen LogP contribution in [0.1, 0.15) is 27.0 Å². The van der Waals surface area contributed by atoms with Crippen LogP contribution in [0.15, 0.2) is 72.8 Å². The van der Waals surface area contributed by atoms with Crippen molar-refractivity contribution in [3.8, 4) is 0 Å². The monoisotopic (exact) mass is 364 g/mol. The fraction of sp³-hybridized carbons (Fsp3) is 0.136. The lowest BCUT2D eigenvalue weighted by atomic mass is 10.0. The van der Waals surface area contributed by atoms with Gasteiger partial charge in [0.25, 0.3) is 0 Å². The van der Waals surface area contributed by atoms with E-state index in [1.54, 1.807) is 0 Å². The molecule has 1 nitrogen and oxygen atoms in total. The van der Waals surface area contributed by atoms with E-state index >= 15 is 0 Å². The molecule has 0 heterocycles. The lowest BCUT2D eigenvalue weighted by Gasteiger charge is -2.19. The summed E-state index contributed by atoms with van der Waals surface area (Å²) < 4.78 is 0. The molecule has 3 rings (SSSR count). The summed E-state index contributed by atoms with van der Waals surface area (Å²) in [5.74, 6) is 0. The molecule has 3 heteroatoms. The highest BCUT2D eigenvalue weighted by Crippen LogP contribution is 2.55. The highest BCUT2D eigenvalue weighted by Gasteiger charge is 2.21. The van der Waals surface area contributed by atoms with Crippen molar-refractivity contribution >= 4 is 32.0 Å². The van der Waals surface area contributed by atoms with Crippen LogP contribution in [-0.2, 0) is 0 Å². The van der Waals surface area contributed by atoms with Gasteiger partial charge in [0.15, 0.2) is 5.52 Å². The molecule has 0 saturated carbocycles. The Bertz CT molecular complexity index is 811. The number of carbonyl (C=O) groups excluding carboxylic acids is 1. The van der Waals surface area contributed by atoms with Gasteiger partial charge in [0.2, 0.25) is 0 Å². The Morgan fingerprint density at radius 3 is 1.64 bits per heavy atom. The van der Waals surface area contributed by atoms with Gasteiger partial charge >= 0.3 is 0 Å². The molecule has 0 fully saturated rings. The average molecular weight is 364 g/mol. The maximum Gasteiger partial charge on any atom is 0.186 e. The summed E-state index contributed by atoms with van der Waals surface area (Å²) in [6, 6.07) is 25.1. The van der Waals surface area contributed by atoms with Crippen LogP contribution in [0, 0.1) is 20.8 Å². The lowest BCUT2D eigenvalue weighted by Crippen LogP contribution is -2.10. The van der Waals surface area contributed by atoms with E-state index in [0.717, 1.165) is 16.7 Å². The van der Waals surface area contributed by atoms with Crippen LogP contribution in [0.4, 0.5) is 0 Å². The van der Waals surface area contributed by atoms with Gasteiger partial charge in [0, 0.05) is 5.56 Å². The number of hydrogen-bond acceptors (Lipinski definition) is 1. The predicted octanol–water partition coefficient (Wildman–Crippen LogP) is 5.48. The van der Waals surface area contributed by atoms with Gasteiger partial charge in [-0.1, -0.05) is 78.4 Å². The Kier molecular flexibility index (Phi) is 5.79. The molecule has 0 aliphatic carbocycles. The predicted molar refractivity (Wildman–Crippen MR) is 112 cm³/mol. The second-order valence-electron chi connectivity index (χ2n) is 6.22. The smallest absolute Gasteiger partial charge is 0.186 e. The second-order valence-corrected chi connectivity index (χ2v) is 10.6. The molecule has 126 valence electrons. The van der Waals surface area contributed by atoms with E-state index in [-0.39, 0.29) is 13.8 Å². The summed E-state index contributed by atoms with van der Waals surface area (Å²) in [5, 5.41) is 2.52. The summed E-state index contributed by atoms with van der Waals surface area (Å²) >= 11 is 0. The standard InChI is InChI=1S/C22H22OP2/c1-16-14-17(2)21(18(3)15-16)22(23)24-25(19-10-6-4-7-11-19)20-12-8-5-9-13-20/h4-15,24H,1-3H3. The number of aryl methyl sites for hydroxylation is 3. The molecule has 0 amide bonds. The molecule has 0 N–H and O–H groups in total. The van der Waals surface area contributed by atoms with Gasteiger partial charge in [-0.15, -0.1) is 0 Å². The van der Waals surface area contributed by atoms with Crippen molar-refractivity contribution in [1.29, 1.82) is 0 Å². The molecule has 0 saturated heterocycles. The fourth-order valence-electron chi connectivity index (χ4n) is 3.13. The third-order valence-corrected chi connectivity index (χ3v) is 9.28. The minimum atomic E-state index is -0.668. The van der Waals surface area contributed by atoms with Crippen molar-refractivity contribution in [1.82, 2.24) is 0 Å². The number of rotatable bonds is 5. The van der Waals surface area contributed by atoms with Gasteiger partial charge < -0.3 is 0 Å². The molecule has 0 aliphatic rings. The minimum absolute atomic E-state index is 0.245. The quantitative estimate of drug-likeness (QED) is 0.548. The van der Waals surface area contributed by atoms with Crippen LogP contribution in [0.2, 0.25) is 0 Å². The highest BCUT2D eigenvalue weighted by atomic mass is 32.0. The van der Waals surface area contributed by atoms with Crippen LogP contribution in [0.5, 0.6) is 0 Å². The van der Waals surface area contributed by atoms with Crippen LogP contribution in [-0.4, -0.2) is 5.52 Å². The van der Waals surface area contributed by atoms with Crippen molar-refractivity contribution in [2.75, 3.05) is 0 Å². The topological polar surface area (TPSA) is 17.1 Å². The Hall–Kier alpha value is -1.81. The molecule has 25 heavy (non-hydrogen) atoms. The SMILES string of the molecule is Cc1cc(C)c(C(=O)PP(c2ccccc2)c2ccccc2)c(C)c1. The van der Waals surface area contributed by atoms with E-state index in [9.17, 15) is 4.79 Å². The zero-order valence-electron chi connectivity index (χ0n) is 14.8. The minimum Gasteiger partial charge on any atom is -0.289 e. The maximum absolute atomic E-state index is 13.2. The Balaban J connectivity index is 1.98. The molecule has 0 radical (unpaired) electrons. The summed E-state index contributed by atoms with van der Waals surface area (Å²) in [4.78, 5) is 13.2. The van der Waals surface area contributed by atoms with Gasteiger partial charge in [0.05, 0.1) is 0 Å². The third-order valence-electron chi connectivity index (χ3n) is 4.15. The summed E-state index contributed by atoms with van der Waals surface area (Å²) in [7, 11) is -0.423. The molecular weight excluding hydrogens is 342 g/mol. The van der Waals surface area contributed by atoms with Crippen molar-refractivity contribution < 1.29 is 4.79 Å². The Morgan fingerprint density at radius 2 is 1.20 bits per heavy atom. The molecule has 0 spiro atoms. The Labute approximate surface area is 152 Å². The van der Waals surface area contributed by atoms with E-state index in [4.69, 9.17) is 0 Å². The lowest BCUT2D eigenvalue weighted by molar-refractivity contribution is 0.108. The average Bonchev–Trinajstić information content (AvgIpc) is 2.60. The molecular formula is C22H22OP2. The maximum atomic E-state index is 13.2. The van der Waals surface area contributed by atoms with Gasteiger partial charge in [-0.05, 0) is 58.4 Å². The molecule has 3 aromatic rings. The second kappa shape index (κ2) is 8.05. The van der Waals surface area contributed by atoms with Crippen molar-refractivity contribution in [2.24, 2.45) is 0 Å². The first-order chi connectivity index (χ1) is 12.1.